The van der Waals surface area contributed by atoms with Crippen molar-refractivity contribution in [2.75, 3.05) is 31.6 Å². The summed E-state index contributed by atoms with van der Waals surface area (Å²) in [5.41, 5.74) is 2.36. The summed E-state index contributed by atoms with van der Waals surface area (Å²) in [6.45, 7) is 3.92. The van der Waals surface area contributed by atoms with Gasteiger partial charge in [0.2, 0.25) is 0 Å². The normalized spacial score (nSPS) is 22.4. The van der Waals surface area contributed by atoms with Crippen molar-refractivity contribution in [3.05, 3.63) is 47.2 Å². The Labute approximate surface area is 156 Å². The molecule has 1 saturated heterocycles. The Morgan fingerprint density at radius 1 is 1.26 bits per heavy atom. The highest BCUT2D eigenvalue weighted by Gasteiger charge is 2.37. The van der Waals surface area contributed by atoms with Crippen LogP contribution in [-0.2, 0) is 4.74 Å². The summed E-state index contributed by atoms with van der Waals surface area (Å²) < 4.78 is 34.0. The maximum absolute atomic E-state index is 13.7. The maximum atomic E-state index is 13.7. The molecule has 0 unspecified atom stereocenters. The van der Waals surface area contributed by atoms with Crippen molar-refractivity contribution >= 4 is 11.7 Å². The number of fused-ring (bicyclic) bond motifs is 1. The molecule has 1 fully saturated rings. The lowest BCUT2D eigenvalue weighted by Gasteiger charge is -2.33. The Hall–Kier alpha value is -2.48. The van der Waals surface area contributed by atoms with E-state index in [0.29, 0.717) is 37.7 Å². The van der Waals surface area contributed by atoms with Crippen molar-refractivity contribution in [2.45, 2.75) is 31.9 Å². The van der Waals surface area contributed by atoms with Crippen LogP contribution in [0.1, 0.15) is 40.0 Å². The van der Waals surface area contributed by atoms with Gasteiger partial charge in [-0.3, -0.25) is 4.79 Å². The summed E-state index contributed by atoms with van der Waals surface area (Å²) in [4.78, 5) is 14.6. The number of aryl methyl sites for hydroxylation is 1. The second kappa shape index (κ2) is 7.26. The van der Waals surface area contributed by atoms with E-state index in [0.717, 1.165) is 11.1 Å². The number of ether oxygens (including phenoxy) is 1. The molecule has 2 aromatic rings. The number of carbonyl (C=O) groups excluding carboxylic acids is 1. The minimum absolute atomic E-state index is 0.204. The molecule has 0 radical (unpaired) electrons. The predicted octanol–water partition coefficient (Wildman–Crippen LogP) is 3.03. The summed E-state index contributed by atoms with van der Waals surface area (Å²) in [5, 5.41) is 7.39. The van der Waals surface area contributed by atoms with Crippen molar-refractivity contribution in [3.8, 4) is 0 Å². The van der Waals surface area contributed by atoms with Gasteiger partial charge >= 0.3 is 0 Å². The van der Waals surface area contributed by atoms with Gasteiger partial charge < -0.3 is 15.0 Å². The third-order valence-corrected chi connectivity index (χ3v) is 5.20. The standard InChI is InChI=1S/C19H22F2N4O2/c1-12-2-4-13(5-3-12)15-10-16(17(20)21)25-18(23-15)14(11-22-25)19(26)24-6-8-27-9-7-24/h2-5,11,15-17,23H,6-10H2,1H3/t15-,16-/m1/s1. The van der Waals surface area contributed by atoms with Gasteiger partial charge in [0.1, 0.15) is 17.4 Å². The van der Waals surface area contributed by atoms with Gasteiger partial charge in [-0.2, -0.15) is 5.10 Å². The van der Waals surface area contributed by atoms with E-state index in [1.165, 1.54) is 10.9 Å². The van der Waals surface area contributed by atoms with Crippen molar-refractivity contribution in [3.63, 3.8) is 0 Å². The molecule has 8 heteroatoms. The molecule has 27 heavy (non-hydrogen) atoms. The fourth-order valence-corrected chi connectivity index (χ4v) is 3.64. The largest absolute Gasteiger partial charge is 0.378 e. The average molecular weight is 376 g/mol. The number of rotatable bonds is 3. The third kappa shape index (κ3) is 3.41. The van der Waals surface area contributed by atoms with Gasteiger partial charge in [-0.05, 0) is 18.9 Å². The van der Waals surface area contributed by atoms with E-state index in [2.05, 4.69) is 10.4 Å². The molecular formula is C19H22F2N4O2. The predicted molar refractivity (Wildman–Crippen MR) is 96.2 cm³/mol. The minimum Gasteiger partial charge on any atom is -0.378 e. The number of anilines is 1. The highest BCUT2D eigenvalue weighted by molar-refractivity contribution is 5.99. The summed E-state index contributed by atoms with van der Waals surface area (Å²) in [7, 11) is 0. The van der Waals surface area contributed by atoms with Crippen LogP contribution in [0.25, 0.3) is 0 Å². The number of carbonyl (C=O) groups is 1. The molecule has 3 heterocycles. The minimum atomic E-state index is -2.56. The van der Waals surface area contributed by atoms with Crippen LogP contribution in [-0.4, -0.2) is 53.3 Å². The van der Waals surface area contributed by atoms with Crippen LogP contribution in [0.2, 0.25) is 0 Å². The van der Waals surface area contributed by atoms with Crippen molar-refractivity contribution in [1.82, 2.24) is 14.7 Å². The number of hydrogen-bond acceptors (Lipinski definition) is 4. The fourth-order valence-electron chi connectivity index (χ4n) is 3.64. The zero-order valence-corrected chi connectivity index (χ0v) is 15.1. The second-order valence-corrected chi connectivity index (χ2v) is 7.00. The molecule has 0 bridgehead atoms. The number of amides is 1. The number of aromatic nitrogens is 2. The van der Waals surface area contributed by atoms with Gasteiger partial charge in [-0.25, -0.2) is 13.5 Å². The zero-order chi connectivity index (χ0) is 19.0. The summed E-state index contributed by atoms with van der Waals surface area (Å²) >= 11 is 0. The van der Waals surface area contributed by atoms with Gasteiger partial charge in [-0.1, -0.05) is 29.8 Å². The Kier molecular flexibility index (Phi) is 4.82. The topological polar surface area (TPSA) is 59.4 Å². The fraction of sp³-hybridized carbons (Fsp3) is 0.474. The van der Waals surface area contributed by atoms with Gasteiger partial charge in [0, 0.05) is 13.1 Å². The molecule has 2 aliphatic rings. The van der Waals surface area contributed by atoms with E-state index in [1.54, 1.807) is 4.90 Å². The third-order valence-electron chi connectivity index (χ3n) is 5.20. The van der Waals surface area contributed by atoms with E-state index in [1.807, 2.05) is 31.2 Å². The number of nitrogens with zero attached hydrogens (tertiary/aromatic N) is 3. The molecule has 6 nitrogen and oxygen atoms in total. The summed E-state index contributed by atoms with van der Waals surface area (Å²) in [6, 6.07) is 6.42. The van der Waals surface area contributed by atoms with Crippen molar-refractivity contribution in [1.29, 1.82) is 0 Å². The second-order valence-electron chi connectivity index (χ2n) is 7.00. The molecule has 0 saturated carbocycles. The first-order chi connectivity index (χ1) is 13.0. The van der Waals surface area contributed by atoms with Crippen molar-refractivity contribution in [2.24, 2.45) is 0 Å². The van der Waals surface area contributed by atoms with E-state index < -0.39 is 12.5 Å². The van der Waals surface area contributed by atoms with Crippen LogP contribution in [0.5, 0.6) is 0 Å². The first-order valence-electron chi connectivity index (χ1n) is 9.10. The van der Waals surface area contributed by atoms with Gasteiger partial charge in [0.05, 0.1) is 25.5 Å². The summed E-state index contributed by atoms with van der Waals surface area (Å²) in [6.07, 6.45) is -0.960. The summed E-state index contributed by atoms with van der Waals surface area (Å²) in [5.74, 6) is 0.165. The van der Waals surface area contributed by atoms with E-state index in [9.17, 15) is 13.6 Å². The van der Waals surface area contributed by atoms with Gasteiger partial charge in [0.25, 0.3) is 12.3 Å². The molecule has 4 rings (SSSR count). The molecule has 2 atom stereocenters. The number of alkyl halides is 2. The molecule has 2 aliphatic heterocycles. The maximum Gasteiger partial charge on any atom is 0.260 e. The van der Waals surface area contributed by atoms with Crippen LogP contribution in [0.4, 0.5) is 14.6 Å². The van der Waals surface area contributed by atoms with Crippen LogP contribution in [0, 0.1) is 6.92 Å². The molecule has 1 N–H and O–H groups in total. The van der Waals surface area contributed by atoms with E-state index >= 15 is 0 Å². The molecule has 1 aromatic carbocycles. The quantitative estimate of drug-likeness (QED) is 0.895. The number of morpholine rings is 1. The Bertz CT molecular complexity index is 816. The lowest BCUT2D eigenvalue weighted by atomic mass is 9.96. The molecule has 0 aliphatic carbocycles. The molecule has 1 amide bonds. The van der Waals surface area contributed by atoms with Gasteiger partial charge in [-0.15, -0.1) is 0 Å². The SMILES string of the molecule is Cc1ccc([C@H]2C[C@H](C(F)F)n3ncc(C(=O)N4CCOCC4)c3N2)cc1. The smallest absolute Gasteiger partial charge is 0.260 e. The first kappa shape index (κ1) is 17.9. The van der Waals surface area contributed by atoms with Crippen LogP contribution in [0.15, 0.2) is 30.5 Å². The number of benzene rings is 1. The Morgan fingerprint density at radius 3 is 2.63 bits per heavy atom. The number of nitrogens with one attached hydrogen (secondary N) is 1. The van der Waals surface area contributed by atoms with Crippen molar-refractivity contribution < 1.29 is 18.3 Å². The molecular weight excluding hydrogens is 354 g/mol. The highest BCUT2D eigenvalue weighted by Crippen LogP contribution is 2.39. The van der Waals surface area contributed by atoms with Gasteiger partial charge in [0.15, 0.2) is 0 Å². The van der Waals surface area contributed by atoms with Crippen LogP contribution < -0.4 is 5.32 Å². The first-order valence-corrected chi connectivity index (χ1v) is 9.10. The monoisotopic (exact) mass is 376 g/mol. The molecule has 144 valence electrons. The highest BCUT2D eigenvalue weighted by atomic mass is 19.3. The number of hydrogen-bond donors (Lipinski definition) is 1. The number of halogens is 2. The lowest BCUT2D eigenvalue weighted by molar-refractivity contribution is 0.0302. The van der Waals surface area contributed by atoms with Crippen LogP contribution in [0.3, 0.4) is 0 Å². The van der Waals surface area contributed by atoms with Crippen LogP contribution >= 0.6 is 0 Å². The molecule has 0 spiro atoms. The molecule has 1 aromatic heterocycles. The average Bonchev–Trinajstić information content (AvgIpc) is 3.11. The van der Waals surface area contributed by atoms with E-state index in [4.69, 9.17) is 4.74 Å². The Morgan fingerprint density at radius 2 is 1.96 bits per heavy atom. The lowest BCUT2D eigenvalue weighted by Crippen LogP contribution is -2.41. The Balaban J connectivity index is 1.67. The van der Waals surface area contributed by atoms with E-state index in [-0.39, 0.29) is 18.4 Å². The zero-order valence-electron chi connectivity index (χ0n) is 15.1.